The van der Waals surface area contributed by atoms with E-state index in [1.807, 2.05) is 4.72 Å². The third kappa shape index (κ3) is 5.24. The van der Waals surface area contributed by atoms with Gasteiger partial charge in [-0.15, -0.1) is 0 Å². The van der Waals surface area contributed by atoms with Crippen molar-refractivity contribution >= 4 is 15.7 Å². The molecule has 0 unspecified atom stereocenters. The van der Waals surface area contributed by atoms with Crippen LogP contribution in [0.15, 0.2) is 34.9 Å². The molecule has 2 N–H and O–H groups in total. The second-order valence-electron chi connectivity index (χ2n) is 3.71. The smallest absolute Gasteiger partial charge is 1.00 e. The molecule has 0 saturated carbocycles. The summed E-state index contributed by atoms with van der Waals surface area (Å²) in [5, 5.41) is 17.7. The maximum Gasteiger partial charge on any atom is 1.00 e. The number of nitrogens with zero attached hydrogens (tertiary/aromatic N) is 1. The number of allylic oxidation sites excluding steroid dienone is 2. The van der Waals surface area contributed by atoms with E-state index in [0.29, 0.717) is 12.1 Å². The predicted molar refractivity (Wildman–Crippen MR) is 66.0 cm³/mol. The number of alkyl halides is 3. The molecule has 0 fully saturated rings. The van der Waals surface area contributed by atoms with Gasteiger partial charge in [-0.1, -0.05) is 0 Å². The molecule has 0 aliphatic carbocycles. The van der Waals surface area contributed by atoms with Gasteiger partial charge < -0.3 is 6.53 Å². The molecule has 1 rings (SSSR count). The number of nitrogens with one attached hydrogen (secondary N) is 1. The number of anilines is 1. The van der Waals surface area contributed by atoms with Gasteiger partial charge in [-0.2, -0.15) is 18.4 Å². The second-order valence-corrected chi connectivity index (χ2v) is 5.33. The van der Waals surface area contributed by atoms with E-state index < -0.39 is 32.4 Å². The van der Waals surface area contributed by atoms with Crippen molar-refractivity contribution in [1.82, 2.24) is 0 Å². The topological polar surface area (TPSA) is 90.2 Å². The van der Waals surface area contributed by atoms with Crippen molar-refractivity contribution in [3.63, 3.8) is 0 Å². The molecule has 10 heteroatoms. The van der Waals surface area contributed by atoms with Crippen LogP contribution in [0.4, 0.5) is 18.9 Å². The molecule has 110 valence electrons. The minimum atomic E-state index is -4.53. The quantitative estimate of drug-likeness (QED) is 0.459. The van der Waals surface area contributed by atoms with E-state index in [-0.39, 0.29) is 36.7 Å². The van der Waals surface area contributed by atoms with Crippen molar-refractivity contribution < 1.29 is 57.7 Å². The minimum Gasteiger partial charge on any atom is -1.00 e. The van der Waals surface area contributed by atoms with E-state index in [2.05, 4.69) is 0 Å². The van der Waals surface area contributed by atoms with Crippen LogP contribution in [-0.2, 0) is 16.2 Å². The Morgan fingerprint density at radius 2 is 1.81 bits per heavy atom. The van der Waals surface area contributed by atoms with Crippen LogP contribution in [-0.4, -0.2) is 13.5 Å². The molecule has 0 atom stereocenters. The van der Waals surface area contributed by atoms with Gasteiger partial charge >= 0.3 is 35.7 Å². The van der Waals surface area contributed by atoms with Crippen molar-refractivity contribution in [1.29, 1.82) is 5.26 Å². The average Bonchev–Trinajstić information content (AvgIpc) is 2.27. The van der Waals surface area contributed by atoms with Crippen LogP contribution in [0.3, 0.4) is 0 Å². The van der Waals surface area contributed by atoms with E-state index in [1.165, 1.54) is 6.07 Å². The Morgan fingerprint density at radius 3 is 2.14 bits per heavy atom. The van der Waals surface area contributed by atoms with Crippen molar-refractivity contribution in [3.05, 3.63) is 40.5 Å². The molecule has 0 bridgehead atoms. The maximum absolute atomic E-state index is 12.3. The minimum absolute atomic E-state index is 0. The Balaban J connectivity index is 0. The van der Waals surface area contributed by atoms with E-state index in [1.54, 1.807) is 0 Å². The molecule has 21 heavy (non-hydrogen) atoms. The van der Waals surface area contributed by atoms with Crippen molar-refractivity contribution in [2.75, 3.05) is 4.72 Å². The van der Waals surface area contributed by atoms with E-state index >= 15 is 0 Å². The Hall–Kier alpha value is -1.21. The Morgan fingerprint density at radius 1 is 1.33 bits per heavy atom. The van der Waals surface area contributed by atoms with Gasteiger partial charge in [0.25, 0.3) is 10.0 Å². The number of rotatable bonds is 3. The van der Waals surface area contributed by atoms with E-state index in [4.69, 9.17) is 10.4 Å². The van der Waals surface area contributed by atoms with Crippen LogP contribution in [0.2, 0.25) is 0 Å². The predicted octanol–water partition coefficient (Wildman–Crippen LogP) is -0.123. The van der Waals surface area contributed by atoms with Gasteiger partial charge in [0.05, 0.1) is 5.56 Å². The number of aliphatic hydroxyl groups excluding tert-OH is 1. The summed E-state index contributed by atoms with van der Waals surface area (Å²) in [7, 11) is -4.34. The molecule has 0 aliphatic heterocycles. The van der Waals surface area contributed by atoms with Crippen LogP contribution in [0, 0.1) is 11.3 Å². The summed E-state index contributed by atoms with van der Waals surface area (Å²) in [6.07, 6.45) is -4.53. The molecule has 1 aromatic rings. The van der Waals surface area contributed by atoms with Gasteiger partial charge in [-0.05, 0) is 31.2 Å². The van der Waals surface area contributed by atoms with Crippen molar-refractivity contribution in [3.8, 4) is 6.07 Å². The fourth-order valence-corrected chi connectivity index (χ4v) is 2.33. The zero-order chi connectivity index (χ0) is 15.6. The number of aliphatic hydroxyl groups is 1. The molecular weight excluding hydrogens is 320 g/mol. The molecule has 0 radical (unpaired) electrons. The number of hydrogen-bond acceptors (Lipinski definition) is 4. The molecule has 0 saturated heterocycles. The molecule has 5 nitrogen and oxygen atoms in total. The third-order valence-electron chi connectivity index (χ3n) is 2.16. The largest absolute Gasteiger partial charge is 1.00 e. The first-order valence-electron chi connectivity index (χ1n) is 5.08. The summed E-state index contributed by atoms with van der Waals surface area (Å²) >= 11 is 0. The first-order chi connectivity index (χ1) is 9.08. The van der Waals surface area contributed by atoms with E-state index in [9.17, 15) is 21.6 Å². The average molecular weight is 330 g/mol. The number of nitriles is 1. The molecule has 0 heterocycles. The van der Waals surface area contributed by atoms with Crippen LogP contribution >= 0.6 is 0 Å². The van der Waals surface area contributed by atoms with E-state index in [0.717, 1.165) is 19.1 Å². The SMILES string of the molecule is CC(O)=C(C#N)S(=O)(=O)Nc1ccc(C(F)(F)F)cc1.[H-].[Na+]. The van der Waals surface area contributed by atoms with Crippen LogP contribution in [0.5, 0.6) is 0 Å². The van der Waals surface area contributed by atoms with Crippen LogP contribution in [0.1, 0.15) is 13.9 Å². The van der Waals surface area contributed by atoms with Gasteiger partial charge in [-0.25, -0.2) is 8.42 Å². The Labute approximate surface area is 142 Å². The number of sulfonamides is 1. The molecule has 1 aromatic carbocycles. The number of hydrogen-bond donors (Lipinski definition) is 2. The summed E-state index contributed by atoms with van der Waals surface area (Å²) in [5.74, 6) is -0.716. The van der Waals surface area contributed by atoms with Crippen molar-refractivity contribution in [2.45, 2.75) is 13.1 Å². The molecule has 0 amide bonds. The van der Waals surface area contributed by atoms with Crippen molar-refractivity contribution in [2.24, 2.45) is 0 Å². The summed E-state index contributed by atoms with van der Waals surface area (Å²) in [5.41, 5.74) is -1.10. The summed E-state index contributed by atoms with van der Waals surface area (Å²) in [4.78, 5) is -0.905. The van der Waals surface area contributed by atoms with Gasteiger partial charge in [0.1, 0.15) is 11.8 Å². The summed E-state index contributed by atoms with van der Waals surface area (Å²) in [6, 6.07) is 4.49. The van der Waals surface area contributed by atoms with Gasteiger partial charge in [0.2, 0.25) is 4.91 Å². The summed E-state index contributed by atoms with van der Waals surface area (Å²) in [6.45, 7) is 1.00. The first-order valence-corrected chi connectivity index (χ1v) is 6.56. The second kappa shape index (κ2) is 7.17. The number of benzene rings is 1. The van der Waals surface area contributed by atoms with Crippen LogP contribution in [0.25, 0.3) is 0 Å². The standard InChI is InChI=1S/C11H9F3N2O3S.Na.H/c1-7(17)10(6-15)20(18,19)16-9-4-2-8(3-5-9)11(12,13)14;;/h2-5,16-17H,1H3;;/q;+1;-1. The normalized spacial score (nSPS) is 12.7. The summed E-state index contributed by atoms with van der Waals surface area (Å²) < 4.78 is 62.2. The molecular formula is C11H10F3N2NaO3S. The first kappa shape index (κ1) is 19.8. The Bertz CT molecular complexity index is 678. The van der Waals surface area contributed by atoms with Crippen LogP contribution < -0.4 is 34.3 Å². The zero-order valence-corrected chi connectivity index (χ0v) is 13.9. The fourth-order valence-electron chi connectivity index (χ4n) is 1.27. The third-order valence-corrected chi connectivity index (χ3v) is 3.59. The molecule has 0 aliphatic rings. The fraction of sp³-hybridized carbons (Fsp3) is 0.182. The molecule has 0 aromatic heterocycles. The Kier molecular flexibility index (Phi) is 6.76. The van der Waals surface area contributed by atoms with Gasteiger partial charge in [-0.3, -0.25) is 4.72 Å². The molecule has 0 spiro atoms. The zero-order valence-electron chi connectivity index (χ0n) is 12.1. The monoisotopic (exact) mass is 330 g/mol. The van der Waals surface area contributed by atoms with Gasteiger partial charge in [0.15, 0.2) is 0 Å². The maximum atomic E-state index is 12.3. The van der Waals surface area contributed by atoms with Gasteiger partial charge in [0, 0.05) is 5.69 Å². The number of halogens is 3.